The monoisotopic (exact) mass is 594 g/mol. The molecule has 3 aromatic carbocycles. The number of hydrogen-bond acceptors (Lipinski definition) is 7. The van der Waals surface area contributed by atoms with E-state index in [2.05, 4.69) is 79.1 Å². The highest BCUT2D eigenvalue weighted by atomic mass is 35.5. The molecule has 1 atom stereocenters. The number of fused-ring (bicyclic) bond motifs is 3. The number of nitrogens with zero attached hydrogens (tertiary/aromatic N) is 2. The van der Waals surface area contributed by atoms with Gasteiger partial charge < -0.3 is 19.2 Å². The molecule has 0 aliphatic carbocycles. The molecule has 41 heavy (non-hydrogen) atoms. The summed E-state index contributed by atoms with van der Waals surface area (Å²) in [6.45, 7) is 14.3. The number of allylic oxidation sites excluding steroid dienone is 1. The van der Waals surface area contributed by atoms with Crippen LogP contribution in [0.3, 0.4) is 0 Å². The lowest BCUT2D eigenvalue weighted by Gasteiger charge is -2.37. The number of hydrogen-bond donors (Lipinski definition) is 1. The van der Waals surface area contributed by atoms with Gasteiger partial charge in [-0.05, 0) is 76.3 Å². The molecule has 2 heterocycles. The average Bonchev–Trinajstić information content (AvgIpc) is 2.94. The molecular weight excluding hydrogens is 556 g/mol. The van der Waals surface area contributed by atoms with Crippen LogP contribution in [0.25, 0.3) is 11.0 Å². The number of aromatic hydroxyl groups is 1. The summed E-state index contributed by atoms with van der Waals surface area (Å²) >= 11 is 1.88. The first kappa shape index (κ1) is 32.1. The van der Waals surface area contributed by atoms with Crippen LogP contribution in [0.15, 0.2) is 103 Å². The molecule has 0 saturated heterocycles. The Balaban J connectivity index is 0.000000225. The van der Waals surface area contributed by atoms with Crippen LogP contribution in [-0.4, -0.2) is 42.3 Å². The lowest BCUT2D eigenvalue weighted by atomic mass is 10.1. The third-order valence-corrected chi connectivity index (χ3v) is 7.98. The molecule has 218 valence electrons. The Morgan fingerprint density at radius 1 is 1.00 bits per heavy atom. The molecule has 1 N–H and O–H groups in total. The largest absolute Gasteiger partial charge is 0.504 e. The summed E-state index contributed by atoms with van der Waals surface area (Å²) in [5, 5.41) is 10.4. The minimum absolute atomic E-state index is 0. The summed E-state index contributed by atoms with van der Waals surface area (Å²) in [6.07, 6.45) is 1.89. The smallest absolute Gasteiger partial charge is 0.336 e. The van der Waals surface area contributed by atoms with Crippen LogP contribution in [0.4, 0.5) is 11.4 Å². The Morgan fingerprint density at radius 3 is 2.20 bits per heavy atom. The third-order valence-electron chi connectivity index (χ3n) is 6.85. The van der Waals surface area contributed by atoms with Crippen molar-refractivity contribution in [2.24, 2.45) is 0 Å². The fraction of sp³-hybridized carbons (Fsp3) is 0.303. The Morgan fingerprint density at radius 2 is 1.61 bits per heavy atom. The van der Waals surface area contributed by atoms with Gasteiger partial charge in [-0.3, -0.25) is 4.90 Å². The maximum Gasteiger partial charge on any atom is 0.336 e. The zero-order valence-corrected chi connectivity index (χ0v) is 25.9. The van der Waals surface area contributed by atoms with Crippen molar-refractivity contribution in [1.29, 1.82) is 0 Å². The second kappa shape index (κ2) is 15.0. The summed E-state index contributed by atoms with van der Waals surface area (Å²) in [6, 6.07) is 23.9. The van der Waals surface area contributed by atoms with Crippen molar-refractivity contribution in [3.8, 4) is 11.5 Å². The first-order chi connectivity index (χ1) is 19.3. The van der Waals surface area contributed by atoms with Crippen molar-refractivity contribution in [1.82, 2.24) is 4.90 Å². The zero-order valence-electron chi connectivity index (χ0n) is 24.3. The standard InChI is InChI=1S/C19H24N2S.C14H14O4.ClH/c1-4-20(5-2)15(3)14-21-16-10-6-8-12-18(16)22-19-13-9-7-11-17(19)21;1-9(2)5-6-17-13-8-12-10(7-11(13)15)3-4-14(16)18-12;/h6-13,15H,4-5,14H2,1-3H3;3-5,7-8,15H,6H2,1-2H3;1H. The molecule has 8 heteroatoms. The minimum Gasteiger partial charge on any atom is -0.504 e. The number of rotatable bonds is 8. The summed E-state index contributed by atoms with van der Waals surface area (Å²) in [5.41, 5.74) is 3.77. The fourth-order valence-electron chi connectivity index (χ4n) is 4.70. The average molecular weight is 595 g/mol. The van der Waals surface area contributed by atoms with Gasteiger partial charge in [-0.2, -0.15) is 0 Å². The van der Waals surface area contributed by atoms with Crippen LogP contribution in [0.5, 0.6) is 11.5 Å². The Labute approximate surface area is 253 Å². The molecule has 1 aliphatic heterocycles. The Kier molecular flexibility index (Phi) is 11.8. The molecule has 0 spiro atoms. The van der Waals surface area contributed by atoms with Gasteiger partial charge in [-0.25, -0.2) is 4.79 Å². The van der Waals surface area contributed by atoms with Crippen LogP contribution in [0.1, 0.15) is 34.6 Å². The van der Waals surface area contributed by atoms with E-state index in [9.17, 15) is 9.90 Å². The highest BCUT2D eigenvalue weighted by Gasteiger charge is 2.25. The van der Waals surface area contributed by atoms with Gasteiger partial charge in [0.05, 0.1) is 11.4 Å². The molecule has 0 fully saturated rings. The van der Waals surface area contributed by atoms with Crippen LogP contribution in [0.2, 0.25) is 0 Å². The normalized spacial score (nSPS) is 12.4. The van der Waals surface area contributed by atoms with Gasteiger partial charge in [0.25, 0.3) is 0 Å². The predicted molar refractivity (Wildman–Crippen MR) is 173 cm³/mol. The molecular formula is C33H39ClN2O4S. The summed E-state index contributed by atoms with van der Waals surface area (Å²) in [5.74, 6) is 0.327. The number of para-hydroxylation sites is 2. The van der Waals surface area contributed by atoms with E-state index in [0.717, 1.165) is 25.2 Å². The lowest BCUT2D eigenvalue weighted by Crippen LogP contribution is -2.41. The van der Waals surface area contributed by atoms with E-state index in [4.69, 9.17) is 9.15 Å². The van der Waals surface area contributed by atoms with Crippen LogP contribution >= 0.6 is 24.2 Å². The predicted octanol–water partition coefficient (Wildman–Crippen LogP) is 8.29. The van der Waals surface area contributed by atoms with Gasteiger partial charge in [0.1, 0.15) is 12.2 Å². The van der Waals surface area contributed by atoms with Crippen molar-refractivity contribution >= 4 is 46.5 Å². The number of halogens is 1. The SMILES string of the molecule is CC(C)=CCOc1cc2oc(=O)ccc2cc1O.CCN(CC)C(C)CN1c2ccccc2Sc2ccccc21.Cl. The van der Waals surface area contributed by atoms with E-state index in [1.807, 2.05) is 31.7 Å². The summed E-state index contributed by atoms with van der Waals surface area (Å²) in [4.78, 5) is 18.8. The molecule has 1 aliphatic rings. The van der Waals surface area contributed by atoms with Crippen molar-refractivity contribution in [3.05, 3.63) is 94.9 Å². The van der Waals surface area contributed by atoms with Gasteiger partial charge in [-0.1, -0.05) is 55.4 Å². The Hall–Kier alpha value is -3.39. The molecule has 1 unspecified atom stereocenters. The van der Waals surface area contributed by atoms with Crippen molar-refractivity contribution in [2.45, 2.75) is 50.5 Å². The summed E-state index contributed by atoms with van der Waals surface area (Å²) < 4.78 is 10.4. The molecule has 0 bridgehead atoms. The van der Waals surface area contributed by atoms with Crippen LogP contribution in [0, 0.1) is 0 Å². The van der Waals surface area contributed by atoms with Crippen LogP contribution < -0.4 is 15.3 Å². The highest BCUT2D eigenvalue weighted by Crippen LogP contribution is 2.47. The van der Waals surface area contributed by atoms with Crippen molar-refractivity contribution < 1.29 is 14.3 Å². The minimum atomic E-state index is -0.427. The molecule has 4 aromatic rings. The molecule has 6 nitrogen and oxygen atoms in total. The van der Waals surface area contributed by atoms with E-state index in [-0.39, 0.29) is 18.2 Å². The molecule has 0 amide bonds. The zero-order chi connectivity index (χ0) is 28.6. The maximum atomic E-state index is 11.1. The lowest BCUT2D eigenvalue weighted by molar-refractivity contribution is 0.236. The first-order valence-electron chi connectivity index (χ1n) is 13.7. The number of benzene rings is 3. The van der Waals surface area contributed by atoms with Gasteiger partial charge >= 0.3 is 5.63 Å². The molecule has 0 saturated carbocycles. The number of likely N-dealkylation sites (N-methyl/N-ethyl adjacent to an activating group) is 1. The second-order valence-electron chi connectivity index (χ2n) is 9.92. The molecule has 0 radical (unpaired) electrons. The van der Waals surface area contributed by atoms with Crippen LogP contribution in [-0.2, 0) is 0 Å². The van der Waals surface area contributed by atoms with Gasteiger partial charge in [0, 0.05) is 39.9 Å². The third kappa shape index (κ3) is 8.09. The number of phenols is 1. The van der Waals surface area contributed by atoms with E-state index in [1.54, 1.807) is 6.07 Å². The molecule has 1 aromatic heterocycles. The van der Waals surface area contributed by atoms with Gasteiger partial charge in [0.2, 0.25) is 0 Å². The number of ether oxygens (including phenoxy) is 1. The van der Waals surface area contributed by atoms with Gasteiger partial charge in [0.15, 0.2) is 11.5 Å². The fourth-order valence-corrected chi connectivity index (χ4v) is 5.80. The Bertz CT molecular complexity index is 1480. The number of phenolic OH excluding ortho intramolecular Hbond substituents is 1. The van der Waals surface area contributed by atoms with Crippen molar-refractivity contribution in [3.63, 3.8) is 0 Å². The second-order valence-corrected chi connectivity index (χ2v) is 11.0. The van der Waals surface area contributed by atoms with E-state index < -0.39 is 5.63 Å². The van der Waals surface area contributed by atoms with E-state index in [1.165, 1.54) is 39.4 Å². The first-order valence-corrected chi connectivity index (χ1v) is 14.5. The number of anilines is 2. The van der Waals surface area contributed by atoms with Crippen molar-refractivity contribution in [2.75, 3.05) is 31.1 Å². The topological polar surface area (TPSA) is 66.2 Å². The molecule has 5 rings (SSSR count). The van der Waals surface area contributed by atoms with E-state index >= 15 is 0 Å². The highest BCUT2D eigenvalue weighted by molar-refractivity contribution is 7.99. The van der Waals surface area contributed by atoms with Gasteiger partial charge in [-0.15, -0.1) is 12.4 Å². The van der Waals surface area contributed by atoms with E-state index in [0.29, 0.717) is 29.4 Å². The summed E-state index contributed by atoms with van der Waals surface area (Å²) in [7, 11) is 0. The maximum absolute atomic E-state index is 11.1. The quantitative estimate of drug-likeness (QED) is 0.163.